The van der Waals surface area contributed by atoms with Crippen LogP contribution in [0.2, 0.25) is 0 Å². The average molecular weight is 253 g/mol. The maximum absolute atomic E-state index is 10.9. The Morgan fingerprint density at radius 3 is 2.68 bits per heavy atom. The zero-order valence-corrected chi connectivity index (χ0v) is 11.0. The summed E-state index contributed by atoms with van der Waals surface area (Å²) in [6.45, 7) is 3.35. The number of pyridine rings is 1. The Bertz CT molecular complexity index is 618. The van der Waals surface area contributed by atoms with Crippen LogP contribution in [0.4, 0.5) is 0 Å². The van der Waals surface area contributed by atoms with Gasteiger partial charge in [0.1, 0.15) is 5.75 Å². The van der Waals surface area contributed by atoms with Crippen molar-refractivity contribution in [3.05, 3.63) is 59.4 Å². The first-order valence-corrected chi connectivity index (χ1v) is 6.04. The first-order chi connectivity index (χ1) is 9.13. The van der Waals surface area contributed by atoms with Crippen molar-refractivity contribution in [1.82, 2.24) is 4.98 Å². The van der Waals surface area contributed by atoms with E-state index in [4.69, 9.17) is 4.74 Å². The maximum Gasteiger partial charge on any atom is 0.308 e. The average Bonchev–Trinajstić information content (AvgIpc) is 2.36. The van der Waals surface area contributed by atoms with Gasteiger partial charge in [-0.3, -0.25) is 9.78 Å². The highest BCUT2D eigenvalue weighted by Gasteiger charge is 1.98. The molecule has 0 aliphatic carbocycles. The van der Waals surface area contributed by atoms with Gasteiger partial charge < -0.3 is 4.74 Å². The predicted molar refractivity (Wildman–Crippen MR) is 75.7 cm³/mol. The number of benzene rings is 1. The number of esters is 1. The number of carbonyl (C=O) groups excluding carboxylic acids is 1. The SMILES string of the molecule is CC(=O)Oc1cccc(/C=C/c2cccc(C)n2)c1. The molecule has 2 aromatic rings. The molecule has 1 aromatic carbocycles. The predicted octanol–water partition coefficient (Wildman–Crippen LogP) is 3.49. The summed E-state index contributed by atoms with van der Waals surface area (Å²) in [6, 6.07) is 13.2. The topological polar surface area (TPSA) is 39.2 Å². The second kappa shape index (κ2) is 5.96. The molecule has 1 heterocycles. The molecule has 0 spiro atoms. The van der Waals surface area contributed by atoms with E-state index in [0.717, 1.165) is 17.0 Å². The number of carbonyl (C=O) groups is 1. The summed E-state index contributed by atoms with van der Waals surface area (Å²) in [5.74, 6) is 0.230. The minimum atomic E-state index is -0.318. The smallest absolute Gasteiger partial charge is 0.308 e. The van der Waals surface area contributed by atoms with Crippen LogP contribution in [0, 0.1) is 6.92 Å². The molecule has 0 saturated carbocycles. The van der Waals surface area contributed by atoms with E-state index in [-0.39, 0.29) is 5.97 Å². The molecule has 0 bridgehead atoms. The lowest BCUT2D eigenvalue weighted by Crippen LogP contribution is -2.00. The Morgan fingerprint density at radius 1 is 1.16 bits per heavy atom. The van der Waals surface area contributed by atoms with E-state index in [9.17, 15) is 4.79 Å². The molecule has 3 nitrogen and oxygen atoms in total. The number of rotatable bonds is 3. The monoisotopic (exact) mass is 253 g/mol. The van der Waals surface area contributed by atoms with Crippen LogP contribution in [0.25, 0.3) is 12.2 Å². The molecular formula is C16H15NO2. The number of hydrogen-bond donors (Lipinski definition) is 0. The molecule has 96 valence electrons. The zero-order valence-electron chi connectivity index (χ0n) is 11.0. The van der Waals surface area contributed by atoms with E-state index in [0.29, 0.717) is 5.75 Å². The molecule has 1 aromatic heterocycles. The van der Waals surface area contributed by atoms with Crippen LogP contribution in [0.15, 0.2) is 42.5 Å². The van der Waals surface area contributed by atoms with E-state index in [1.54, 1.807) is 6.07 Å². The molecule has 0 radical (unpaired) electrons. The summed E-state index contributed by atoms with van der Waals surface area (Å²) in [6.07, 6.45) is 3.87. The highest BCUT2D eigenvalue weighted by molar-refractivity contribution is 5.71. The number of hydrogen-bond acceptors (Lipinski definition) is 3. The standard InChI is InChI=1S/C16H15NO2/c1-12-5-3-7-15(17-12)10-9-14-6-4-8-16(11-14)19-13(2)18/h3-11H,1-2H3/b10-9+. The highest BCUT2D eigenvalue weighted by atomic mass is 16.5. The Morgan fingerprint density at radius 2 is 1.95 bits per heavy atom. The van der Waals surface area contributed by atoms with Gasteiger partial charge in [0, 0.05) is 12.6 Å². The second-order valence-corrected chi connectivity index (χ2v) is 4.20. The van der Waals surface area contributed by atoms with Gasteiger partial charge >= 0.3 is 5.97 Å². The minimum absolute atomic E-state index is 0.318. The van der Waals surface area contributed by atoms with E-state index in [1.807, 2.05) is 55.5 Å². The molecule has 0 unspecified atom stereocenters. The zero-order chi connectivity index (χ0) is 13.7. The lowest BCUT2D eigenvalue weighted by molar-refractivity contribution is -0.131. The lowest BCUT2D eigenvalue weighted by atomic mass is 10.2. The van der Waals surface area contributed by atoms with Crippen molar-refractivity contribution in [3.63, 3.8) is 0 Å². The summed E-state index contributed by atoms with van der Waals surface area (Å²) in [7, 11) is 0. The van der Waals surface area contributed by atoms with E-state index < -0.39 is 0 Å². The Hall–Kier alpha value is -2.42. The van der Waals surface area contributed by atoms with Gasteiger partial charge in [-0.1, -0.05) is 24.3 Å². The molecular weight excluding hydrogens is 238 g/mol. The van der Waals surface area contributed by atoms with Crippen molar-refractivity contribution in [2.45, 2.75) is 13.8 Å². The second-order valence-electron chi connectivity index (χ2n) is 4.20. The van der Waals surface area contributed by atoms with Gasteiger partial charge in [0.15, 0.2) is 0 Å². The molecule has 2 rings (SSSR count). The molecule has 0 aliphatic heterocycles. The van der Waals surface area contributed by atoms with Gasteiger partial charge in [-0.15, -0.1) is 0 Å². The third kappa shape index (κ3) is 4.07. The minimum Gasteiger partial charge on any atom is -0.427 e. The van der Waals surface area contributed by atoms with Crippen molar-refractivity contribution in [3.8, 4) is 5.75 Å². The van der Waals surface area contributed by atoms with Crippen molar-refractivity contribution in [2.75, 3.05) is 0 Å². The van der Waals surface area contributed by atoms with Crippen molar-refractivity contribution in [1.29, 1.82) is 0 Å². The lowest BCUT2D eigenvalue weighted by Gasteiger charge is -2.01. The summed E-state index contributed by atoms with van der Waals surface area (Å²) in [5, 5.41) is 0. The van der Waals surface area contributed by atoms with Gasteiger partial charge in [0.25, 0.3) is 0 Å². The quantitative estimate of drug-likeness (QED) is 0.621. The molecule has 0 N–H and O–H groups in total. The normalized spacial score (nSPS) is 10.6. The third-order valence-corrected chi connectivity index (χ3v) is 2.48. The van der Waals surface area contributed by atoms with Crippen LogP contribution in [-0.4, -0.2) is 11.0 Å². The van der Waals surface area contributed by atoms with Gasteiger partial charge in [-0.05, 0) is 42.8 Å². The van der Waals surface area contributed by atoms with Gasteiger partial charge in [-0.2, -0.15) is 0 Å². The van der Waals surface area contributed by atoms with Gasteiger partial charge in [0.05, 0.1) is 5.69 Å². The van der Waals surface area contributed by atoms with Crippen LogP contribution < -0.4 is 4.74 Å². The van der Waals surface area contributed by atoms with Crippen LogP contribution in [0.3, 0.4) is 0 Å². The molecule has 0 amide bonds. The third-order valence-electron chi connectivity index (χ3n) is 2.48. The summed E-state index contributed by atoms with van der Waals surface area (Å²) < 4.78 is 5.04. The van der Waals surface area contributed by atoms with Crippen LogP contribution in [0.5, 0.6) is 5.75 Å². The molecule has 0 atom stereocenters. The Kier molecular flexibility index (Phi) is 4.08. The molecule has 19 heavy (non-hydrogen) atoms. The molecule has 0 saturated heterocycles. The highest BCUT2D eigenvalue weighted by Crippen LogP contribution is 2.15. The first-order valence-electron chi connectivity index (χ1n) is 6.04. The molecule has 0 aliphatic rings. The van der Waals surface area contributed by atoms with Crippen LogP contribution >= 0.6 is 0 Å². The van der Waals surface area contributed by atoms with Crippen LogP contribution in [-0.2, 0) is 4.79 Å². The summed E-state index contributed by atoms with van der Waals surface area (Å²) in [4.78, 5) is 15.3. The van der Waals surface area contributed by atoms with Crippen LogP contribution in [0.1, 0.15) is 23.9 Å². The van der Waals surface area contributed by atoms with Crippen molar-refractivity contribution >= 4 is 18.1 Å². The fourth-order valence-corrected chi connectivity index (χ4v) is 1.69. The fraction of sp³-hybridized carbons (Fsp3) is 0.125. The largest absolute Gasteiger partial charge is 0.427 e. The van der Waals surface area contributed by atoms with E-state index in [2.05, 4.69) is 4.98 Å². The van der Waals surface area contributed by atoms with Gasteiger partial charge in [-0.25, -0.2) is 0 Å². The van der Waals surface area contributed by atoms with E-state index in [1.165, 1.54) is 6.92 Å². The van der Waals surface area contributed by atoms with Gasteiger partial charge in [0.2, 0.25) is 0 Å². The number of nitrogens with zero attached hydrogens (tertiary/aromatic N) is 1. The van der Waals surface area contributed by atoms with Crippen molar-refractivity contribution < 1.29 is 9.53 Å². The number of aromatic nitrogens is 1. The Balaban J connectivity index is 2.16. The number of ether oxygens (including phenoxy) is 1. The van der Waals surface area contributed by atoms with E-state index >= 15 is 0 Å². The molecule has 3 heteroatoms. The first kappa shape index (κ1) is 13.0. The maximum atomic E-state index is 10.9. The summed E-state index contributed by atoms with van der Waals surface area (Å²) >= 11 is 0. The fourth-order valence-electron chi connectivity index (χ4n) is 1.69. The number of aryl methyl sites for hydroxylation is 1. The molecule has 0 fully saturated rings. The Labute approximate surface area is 112 Å². The van der Waals surface area contributed by atoms with Crippen molar-refractivity contribution in [2.24, 2.45) is 0 Å². The summed E-state index contributed by atoms with van der Waals surface area (Å²) in [5.41, 5.74) is 2.84.